The van der Waals surface area contributed by atoms with Crippen molar-refractivity contribution >= 4 is 5.78 Å². The van der Waals surface area contributed by atoms with E-state index < -0.39 is 0 Å². The second-order valence-corrected chi connectivity index (χ2v) is 4.22. The zero-order chi connectivity index (χ0) is 10.5. The molecule has 3 heteroatoms. The molecule has 0 aliphatic rings. The topological polar surface area (TPSA) is 38.3 Å². The molecule has 0 fully saturated rings. The Morgan fingerprint density at radius 2 is 2.00 bits per heavy atom. The quantitative estimate of drug-likeness (QED) is 0.706. The van der Waals surface area contributed by atoms with E-state index in [0.717, 1.165) is 13.0 Å². The number of carbonyl (C=O) groups is 1. The van der Waals surface area contributed by atoms with E-state index >= 15 is 0 Å². The first-order valence-corrected chi connectivity index (χ1v) is 4.69. The summed E-state index contributed by atoms with van der Waals surface area (Å²) < 4.78 is 5.61. The molecule has 1 atom stereocenters. The molecule has 0 saturated carbocycles. The van der Waals surface area contributed by atoms with Crippen LogP contribution >= 0.6 is 0 Å². The van der Waals surface area contributed by atoms with Gasteiger partial charge in [0.2, 0.25) is 0 Å². The molecule has 0 amide bonds. The van der Waals surface area contributed by atoms with Gasteiger partial charge in [0.05, 0.1) is 5.60 Å². The molecule has 0 spiro atoms. The van der Waals surface area contributed by atoms with Crippen molar-refractivity contribution in [1.29, 1.82) is 0 Å². The molecule has 0 aromatic rings. The van der Waals surface area contributed by atoms with Crippen LogP contribution < -0.4 is 5.32 Å². The molecule has 0 aliphatic heterocycles. The van der Waals surface area contributed by atoms with Gasteiger partial charge in [0.15, 0.2) is 5.78 Å². The van der Waals surface area contributed by atoms with Gasteiger partial charge >= 0.3 is 0 Å². The number of rotatable bonds is 5. The molecule has 0 saturated heterocycles. The Kier molecular flexibility index (Phi) is 5.18. The van der Waals surface area contributed by atoms with Crippen molar-refractivity contribution in [3.63, 3.8) is 0 Å². The molecular formula is C10H21NO2. The van der Waals surface area contributed by atoms with Crippen molar-refractivity contribution in [2.75, 3.05) is 13.6 Å². The Hall–Kier alpha value is -0.410. The maximum Gasteiger partial charge on any atom is 0.158 e. The number of carbonyl (C=O) groups excluding carboxylic acids is 1. The van der Waals surface area contributed by atoms with E-state index in [-0.39, 0.29) is 17.5 Å². The first kappa shape index (κ1) is 12.6. The predicted octanol–water partition coefficient (Wildman–Crippen LogP) is 1.37. The normalized spacial score (nSPS) is 14.2. The fourth-order valence-electron chi connectivity index (χ4n) is 1.05. The first-order valence-electron chi connectivity index (χ1n) is 4.69. The van der Waals surface area contributed by atoms with Gasteiger partial charge in [-0.05, 0) is 47.7 Å². The average molecular weight is 187 g/mol. The number of hydrogen-bond acceptors (Lipinski definition) is 3. The molecule has 13 heavy (non-hydrogen) atoms. The van der Waals surface area contributed by atoms with Crippen molar-refractivity contribution in [3.8, 4) is 0 Å². The van der Waals surface area contributed by atoms with E-state index in [1.54, 1.807) is 6.92 Å². The summed E-state index contributed by atoms with van der Waals surface area (Å²) in [5.74, 6) is 0.102. The average Bonchev–Trinajstić information content (AvgIpc) is 1.95. The van der Waals surface area contributed by atoms with Crippen molar-refractivity contribution in [1.82, 2.24) is 5.32 Å². The third-order valence-electron chi connectivity index (χ3n) is 1.61. The highest BCUT2D eigenvalue weighted by Gasteiger charge is 2.21. The molecule has 0 rings (SSSR count). The molecule has 0 bridgehead atoms. The molecule has 3 nitrogen and oxygen atoms in total. The standard InChI is InChI=1S/C10H21NO2/c1-8(12)9(6-7-11-5)13-10(2,3)4/h9,11H,6-7H2,1-5H3. The van der Waals surface area contributed by atoms with Gasteiger partial charge in [-0.15, -0.1) is 0 Å². The Balaban J connectivity index is 4.03. The summed E-state index contributed by atoms with van der Waals surface area (Å²) in [6.45, 7) is 8.26. The van der Waals surface area contributed by atoms with Crippen molar-refractivity contribution in [2.45, 2.75) is 45.8 Å². The van der Waals surface area contributed by atoms with Gasteiger partial charge in [0.25, 0.3) is 0 Å². The highest BCUT2D eigenvalue weighted by atomic mass is 16.5. The van der Waals surface area contributed by atoms with E-state index in [0.29, 0.717) is 0 Å². The van der Waals surface area contributed by atoms with E-state index in [9.17, 15) is 4.79 Å². The second kappa shape index (κ2) is 5.35. The molecule has 78 valence electrons. The fourth-order valence-corrected chi connectivity index (χ4v) is 1.05. The predicted molar refractivity (Wildman–Crippen MR) is 53.9 cm³/mol. The Bertz CT molecular complexity index is 161. The summed E-state index contributed by atoms with van der Waals surface area (Å²) in [7, 11) is 1.87. The van der Waals surface area contributed by atoms with Crippen LogP contribution in [0.4, 0.5) is 0 Å². The third-order valence-corrected chi connectivity index (χ3v) is 1.61. The van der Waals surface area contributed by atoms with Crippen LogP contribution in [0.2, 0.25) is 0 Å². The zero-order valence-corrected chi connectivity index (χ0v) is 9.31. The van der Waals surface area contributed by atoms with Gasteiger partial charge in [0, 0.05) is 0 Å². The number of Topliss-reactive ketones (excluding diaryl/α,β-unsaturated/α-hetero) is 1. The Morgan fingerprint density at radius 1 is 1.46 bits per heavy atom. The molecule has 1 unspecified atom stereocenters. The van der Waals surface area contributed by atoms with E-state index in [1.165, 1.54) is 0 Å². The highest BCUT2D eigenvalue weighted by Crippen LogP contribution is 2.13. The van der Waals surface area contributed by atoms with Crippen LogP contribution in [0.5, 0.6) is 0 Å². The lowest BCUT2D eigenvalue weighted by Crippen LogP contribution is -2.34. The number of ether oxygens (including phenoxy) is 1. The van der Waals surface area contributed by atoms with Gasteiger partial charge in [-0.2, -0.15) is 0 Å². The zero-order valence-electron chi connectivity index (χ0n) is 9.31. The summed E-state index contributed by atoms with van der Waals surface area (Å²) in [5.41, 5.74) is -0.246. The summed E-state index contributed by atoms with van der Waals surface area (Å²) >= 11 is 0. The minimum Gasteiger partial charge on any atom is -0.365 e. The lowest BCUT2D eigenvalue weighted by Gasteiger charge is -2.25. The smallest absolute Gasteiger partial charge is 0.158 e. The molecule has 1 N–H and O–H groups in total. The molecule has 0 aliphatic carbocycles. The van der Waals surface area contributed by atoms with Gasteiger partial charge in [-0.3, -0.25) is 4.79 Å². The Labute approximate surface area is 80.8 Å². The molecule has 0 heterocycles. The van der Waals surface area contributed by atoms with Gasteiger partial charge in [0.1, 0.15) is 6.10 Å². The van der Waals surface area contributed by atoms with Crippen LogP contribution in [0, 0.1) is 0 Å². The van der Waals surface area contributed by atoms with Crippen LogP contribution in [0.3, 0.4) is 0 Å². The minimum atomic E-state index is -0.271. The summed E-state index contributed by atoms with van der Waals surface area (Å²) in [5, 5.41) is 3.01. The van der Waals surface area contributed by atoms with Gasteiger partial charge < -0.3 is 10.1 Å². The maximum absolute atomic E-state index is 11.2. The number of hydrogen-bond donors (Lipinski definition) is 1. The van der Waals surface area contributed by atoms with Crippen LogP contribution in [0.1, 0.15) is 34.1 Å². The number of nitrogens with one attached hydrogen (secondary N) is 1. The summed E-state index contributed by atoms with van der Waals surface area (Å²) in [4.78, 5) is 11.2. The van der Waals surface area contributed by atoms with Crippen LogP contribution in [-0.4, -0.2) is 31.1 Å². The largest absolute Gasteiger partial charge is 0.365 e. The lowest BCUT2D eigenvalue weighted by atomic mass is 10.1. The SMILES string of the molecule is CNCCC(OC(C)(C)C)C(C)=O. The minimum absolute atomic E-state index is 0.102. The molecule has 0 aromatic heterocycles. The fraction of sp³-hybridized carbons (Fsp3) is 0.900. The van der Waals surface area contributed by atoms with Crippen molar-refractivity contribution in [2.24, 2.45) is 0 Å². The van der Waals surface area contributed by atoms with E-state index in [4.69, 9.17) is 4.74 Å². The van der Waals surface area contributed by atoms with Crippen molar-refractivity contribution in [3.05, 3.63) is 0 Å². The van der Waals surface area contributed by atoms with Crippen LogP contribution in [0.15, 0.2) is 0 Å². The molecular weight excluding hydrogens is 166 g/mol. The second-order valence-electron chi connectivity index (χ2n) is 4.22. The molecule has 0 radical (unpaired) electrons. The van der Waals surface area contributed by atoms with Gasteiger partial charge in [-0.1, -0.05) is 0 Å². The molecule has 0 aromatic carbocycles. The first-order chi connectivity index (χ1) is 5.87. The lowest BCUT2D eigenvalue weighted by molar-refractivity contribution is -0.138. The number of ketones is 1. The highest BCUT2D eigenvalue weighted by molar-refractivity contribution is 5.80. The summed E-state index contributed by atoms with van der Waals surface area (Å²) in [6, 6.07) is 0. The third kappa shape index (κ3) is 6.72. The van der Waals surface area contributed by atoms with Gasteiger partial charge in [-0.25, -0.2) is 0 Å². The van der Waals surface area contributed by atoms with Crippen LogP contribution in [-0.2, 0) is 9.53 Å². The van der Waals surface area contributed by atoms with Crippen molar-refractivity contribution < 1.29 is 9.53 Å². The summed E-state index contributed by atoms with van der Waals surface area (Å²) in [6.07, 6.45) is 0.468. The van der Waals surface area contributed by atoms with E-state index in [2.05, 4.69) is 5.32 Å². The Morgan fingerprint density at radius 3 is 2.31 bits per heavy atom. The van der Waals surface area contributed by atoms with E-state index in [1.807, 2.05) is 27.8 Å². The monoisotopic (exact) mass is 187 g/mol. The van der Waals surface area contributed by atoms with Crippen LogP contribution in [0.25, 0.3) is 0 Å². The maximum atomic E-state index is 11.2.